The second kappa shape index (κ2) is 4.09. The maximum absolute atomic E-state index is 11.0. The van der Waals surface area contributed by atoms with E-state index in [0.717, 1.165) is 0 Å². The van der Waals surface area contributed by atoms with E-state index in [1.54, 1.807) is 6.07 Å². The Balaban J connectivity index is 3.02. The van der Waals surface area contributed by atoms with Crippen LogP contribution in [0.3, 0.4) is 0 Å². The lowest BCUT2D eigenvalue weighted by atomic mass is 10.3. The van der Waals surface area contributed by atoms with Gasteiger partial charge < -0.3 is 9.47 Å². The Morgan fingerprint density at radius 2 is 2.15 bits per heavy atom. The van der Waals surface area contributed by atoms with Crippen LogP contribution in [0.1, 0.15) is 10.5 Å². The highest BCUT2D eigenvalue weighted by Gasteiger charge is 2.10. The summed E-state index contributed by atoms with van der Waals surface area (Å²) in [5.74, 6) is -0.0983. The van der Waals surface area contributed by atoms with Crippen molar-refractivity contribution in [3.63, 3.8) is 0 Å². The summed E-state index contributed by atoms with van der Waals surface area (Å²) in [4.78, 5) is 14.8. The highest BCUT2D eigenvalue weighted by Crippen LogP contribution is 2.21. The van der Waals surface area contributed by atoms with Crippen molar-refractivity contribution in [2.45, 2.75) is 0 Å². The zero-order valence-corrected chi connectivity index (χ0v) is 7.96. The molecule has 0 aliphatic carbocycles. The molecule has 1 aromatic rings. The van der Waals surface area contributed by atoms with Crippen molar-refractivity contribution in [2.24, 2.45) is 0 Å². The summed E-state index contributed by atoms with van der Waals surface area (Å²) in [7, 11) is 2.75. The summed E-state index contributed by atoms with van der Waals surface area (Å²) in [6.45, 7) is 0. The number of carbonyl (C=O) groups excluding carboxylic acids is 1. The molecule has 13 heavy (non-hydrogen) atoms. The normalized spacial score (nSPS) is 9.46. The van der Waals surface area contributed by atoms with Gasteiger partial charge in [0.25, 0.3) is 0 Å². The Morgan fingerprint density at radius 3 is 2.62 bits per heavy atom. The summed E-state index contributed by atoms with van der Waals surface area (Å²) in [5.41, 5.74) is 0.160. The summed E-state index contributed by atoms with van der Waals surface area (Å²) < 4.78 is 9.33. The van der Waals surface area contributed by atoms with Crippen LogP contribution in [-0.4, -0.2) is 25.2 Å². The predicted molar refractivity (Wildman–Crippen MR) is 47.1 cm³/mol. The van der Waals surface area contributed by atoms with Crippen molar-refractivity contribution in [3.8, 4) is 5.75 Å². The number of methoxy groups -OCH3 is 2. The van der Waals surface area contributed by atoms with E-state index in [1.807, 2.05) is 0 Å². The van der Waals surface area contributed by atoms with Gasteiger partial charge in [0.15, 0.2) is 10.9 Å². The smallest absolute Gasteiger partial charge is 0.356 e. The van der Waals surface area contributed by atoms with Gasteiger partial charge in [-0.1, -0.05) is 11.6 Å². The molecule has 0 fully saturated rings. The van der Waals surface area contributed by atoms with E-state index >= 15 is 0 Å². The lowest BCUT2D eigenvalue weighted by Crippen LogP contribution is -2.04. The molecule has 0 aromatic carbocycles. The summed E-state index contributed by atoms with van der Waals surface area (Å²) in [5, 5.41) is 0.144. The molecule has 0 aliphatic rings. The number of hydrogen-bond acceptors (Lipinski definition) is 4. The van der Waals surface area contributed by atoms with Crippen molar-refractivity contribution >= 4 is 17.6 Å². The van der Waals surface area contributed by atoms with E-state index in [1.165, 1.54) is 20.3 Å². The molecule has 1 rings (SSSR count). The van der Waals surface area contributed by atoms with Gasteiger partial charge in [-0.2, -0.15) is 0 Å². The number of nitrogens with zero attached hydrogens (tertiary/aromatic N) is 1. The van der Waals surface area contributed by atoms with Crippen LogP contribution in [-0.2, 0) is 4.74 Å². The third-order valence-corrected chi connectivity index (χ3v) is 1.70. The first kappa shape index (κ1) is 9.80. The molecular formula is C8H8ClNO3. The third-order valence-electron chi connectivity index (χ3n) is 1.43. The van der Waals surface area contributed by atoms with Gasteiger partial charge in [-0.25, -0.2) is 9.78 Å². The minimum Gasteiger partial charge on any atom is -0.494 e. The molecule has 0 radical (unpaired) electrons. The maximum atomic E-state index is 11.0. The van der Waals surface area contributed by atoms with Crippen LogP contribution in [0.4, 0.5) is 0 Å². The van der Waals surface area contributed by atoms with Gasteiger partial charge in [0.2, 0.25) is 0 Å². The Kier molecular flexibility index (Phi) is 3.08. The minimum atomic E-state index is -0.524. The first-order chi connectivity index (χ1) is 6.19. The topological polar surface area (TPSA) is 48.4 Å². The van der Waals surface area contributed by atoms with Crippen molar-refractivity contribution in [1.82, 2.24) is 4.98 Å². The van der Waals surface area contributed by atoms with Gasteiger partial charge in [0.1, 0.15) is 5.69 Å². The summed E-state index contributed by atoms with van der Waals surface area (Å²) in [6.07, 6.45) is 0. The predicted octanol–water partition coefficient (Wildman–Crippen LogP) is 1.53. The number of pyridine rings is 1. The van der Waals surface area contributed by atoms with Gasteiger partial charge in [0.05, 0.1) is 14.2 Å². The van der Waals surface area contributed by atoms with E-state index in [2.05, 4.69) is 9.72 Å². The lowest BCUT2D eigenvalue weighted by molar-refractivity contribution is 0.0594. The van der Waals surface area contributed by atoms with E-state index < -0.39 is 5.97 Å². The van der Waals surface area contributed by atoms with Crippen LogP contribution in [0.2, 0.25) is 5.15 Å². The van der Waals surface area contributed by atoms with Gasteiger partial charge in [-0.15, -0.1) is 0 Å². The average Bonchev–Trinajstić information content (AvgIpc) is 2.16. The Bertz CT molecular complexity index is 327. The molecule has 0 atom stereocenters. The molecule has 0 N–H and O–H groups in total. The number of esters is 1. The van der Waals surface area contributed by atoms with Crippen molar-refractivity contribution in [2.75, 3.05) is 14.2 Å². The molecule has 1 aromatic heterocycles. The zero-order valence-electron chi connectivity index (χ0n) is 7.20. The van der Waals surface area contributed by atoms with Crippen LogP contribution in [0.25, 0.3) is 0 Å². The second-order valence-electron chi connectivity index (χ2n) is 2.18. The average molecular weight is 202 g/mol. The molecule has 0 aliphatic heterocycles. The molecule has 0 saturated heterocycles. The number of ether oxygens (including phenoxy) is 2. The highest BCUT2D eigenvalue weighted by molar-refractivity contribution is 6.31. The molecule has 4 nitrogen and oxygen atoms in total. The van der Waals surface area contributed by atoms with E-state index in [9.17, 15) is 4.79 Å². The SMILES string of the molecule is COC(=O)c1ccc(OC)c(Cl)n1. The lowest BCUT2D eigenvalue weighted by Gasteiger charge is -2.03. The third kappa shape index (κ3) is 2.09. The maximum Gasteiger partial charge on any atom is 0.356 e. The largest absolute Gasteiger partial charge is 0.494 e. The molecule has 70 valence electrons. The molecule has 0 bridgehead atoms. The number of aromatic nitrogens is 1. The zero-order chi connectivity index (χ0) is 9.84. The van der Waals surface area contributed by atoms with Crippen molar-refractivity contribution in [3.05, 3.63) is 23.0 Å². The number of halogens is 1. The van der Waals surface area contributed by atoms with Crippen LogP contribution in [0.5, 0.6) is 5.75 Å². The number of rotatable bonds is 2. The second-order valence-corrected chi connectivity index (χ2v) is 2.54. The molecular weight excluding hydrogens is 194 g/mol. The van der Waals surface area contributed by atoms with Crippen LogP contribution in [0.15, 0.2) is 12.1 Å². The van der Waals surface area contributed by atoms with Crippen LogP contribution >= 0.6 is 11.6 Å². The Hall–Kier alpha value is -1.29. The van der Waals surface area contributed by atoms with Crippen molar-refractivity contribution in [1.29, 1.82) is 0 Å². The van der Waals surface area contributed by atoms with Gasteiger partial charge >= 0.3 is 5.97 Å². The standard InChI is InChI=1S/C8H8ClNO3/c1-12-6-4-3-5(8(11)13-2)10-7(6)9/h3-4H,1-2H3. The van der Waals surface area contributed by atoms with Gasteiger partial charge in [-0.3, -0.25) is 0 Å². The van der Waals surface area contributed by atoms with E-state index in [4.69, 9.17) is 16.3 Å². The fourth-order valence-corrected chi connectivity index (χ4v) is 1.02. The summed E-state index contributed by atoms with van der Waals surface area (Å²) >= 11 is 5.69. The molecule has 5 heteroatoms. The fourth-order valence-electron chi connectivity index (χ4n) is 0.792. The quantitative estimate of drug-likeness (QED) is 0.538. The van der Waals surface area contributed by atoms with E-state index in [-0.39, 0.29) is 10.8 Å². The molecule has 0 amide bonds. The molecule has 0 spiro atoms. The molecule has 0 saturated carbocycles. The number of carbonyl (C=O) groups is 1. The minimum absolute atomic E-state index is 0.144. The van der Waals surface area contributed by atoms with E-state index in [0.29, 0.717) is 5.75 Å². The molecule has 1 heterocycles. The first-order valence-corrected chi connectivity index (χ1v) is 3.85. The van der Waals surface area contributed by atoms with Gasteiger partial charge in [-0.05, 0) is 12.1 Å². The molecule has 0 unspecified atom stereocenters. The number of hydrogen-bond donors (Lipinski definition) is 0. The first-order valence-electron chi connectivity index (χ1n) is 3.48. The summed E-state index contributed by atoms with van der Waals surface area (Å²) in [6, 6.07) is 3.04. The Morgan fingerprint density at radius 1 is 1.46 bits per heavy atom. The highest BCUT2D eigenvalue weighted by atomic mass is 35.5. The Labute approximate surface area is 80.4 Å². The van der Waals surface area contributed by atoms with Gasteiger partial charge in [0, 0.05) is 0 Å². The van der Waals surface area contributed by atoms with Crippen LogP contribution in [0, 0.1) is 0 Å². The van der Waals surface area contributed by atoms with Crippen molar-refractivity contribution < 1.29 is 14.3 Å². The van der Waals surface area contributed by atoms with Crippen LogP contribution < -0.4 is 4.74 Å². The fraction of sp³-hybridized carbons (Fsp3) is 0.250. The monoisotopic (exact) mass is 201 g/mol.